The second-order valence-electron chi connectivity index (χ2n) is 5.51. The number of carbonyl (C=O) groups excluding carboxylic acids is 1. The largest absolute Gasteiger partial charge is 0.325 e. The molecule has 0 aliphatic carbocycles. The summed E-state index contributed by atoms with van der Waals surface area (Å²) in [5.74, 6) is -0.409. The molecule has 0 aliphatic rings. The minimum Gasteiger partial charge on any atom is -0.325 e. The van der Waals surface area contributed by atoms with E-state index in [2.05, 4.69) is 10.0 Å². The van der Waals surface area contributed by atoms with Gasteiger partial charge in [0.1, 0.15) is 0 Å². The molecule has 2 rings (SSSR count). The van der Waals surface area contributed by atoms with Gasteiger partial charge in [-0.15, -0.1) is 0 Å². The molecule has 0 heterocycles. The molecule has 0 bridgehead atoms. The molecule has 0 fully saturated rings. The summed E-state index contributed by atoms with van der Waals surface area (Å²) >= 11 is 0. The molecule has 1 amide bonds. The van der Waals surface area contributed by atoms with Crippen molar-refractivity contribution in [3.8, 4) is 0 Å². The van der Waals surface area contributed by atoms with Gasteiger partial charge in [-0.2, -0.15) is 0 Å². The predicted molar refractivity (Wildman–Crippen MR) is 90.9 cm³/mol. The van der Waals surface area contributed by atoms with Crippen LogP contribution in [0.3, 0.4) is 0 Å². The third-order valence-corrected chi connectivity index (χ3v) is 4.78. The molecular weight excluding hydrogens is 312 g/mol. The number of amides is 1. The Labute approximate surface area is 136 Å². The van der Waals surface area contributed by atoms with Crippen LogP contribution in [0.5, 0.6) is 0 Å². The lowest BCUT2D eigenvalue weighted by molar-refractivity contribution is -0.115. The van der Waals surface area contributed by atoms with Crippen LogP contribution >= 0.6 is 0 Å². The second-order valence-corrected chi connectivity index (χ2v) is 7.27. The van der Waals surface area contributed by atoms with Gasteiger partial charge in [0.25, 0.3) is 0 Å². The van der Waals surface area contributed by atoms with Crippen molar-refractivity contribution < 1.29 is 13.2 Å². The molecule has 0 radical (unpaired) electrons. The van der Waals surface area contributed by atoms with E-state index in [-0.39, 0.29) is 11.4 Å². The smallest absolute Gasteiger partial charge is 0.241 e. The van der Waals surface area contributed by atoms with Crippen LogP contribution in [0.4, 0.5) is 5.69 Å². The molecule has 2 aromatic rings. The first-order chi connectivity index (χ1) is 10.8. The zero-order valence-electron chi connectivity index (χ0n) is 13.4. The van der Waals surface area contributed by atoms with Crippen LogP contribution in [-0.4, -0.2) is 20.9 Å². The SMILES string of the molecule is Cc1cccc(S(=O)(=O)NCC(=O)Nc2ccc(C)cc2C)c1. The number of nitrogens with one attached hydrogen (secondary N) is 2. The van der Waals surface area contributed by atoms with Crippen molar-refractivity contribution in [1.82, 2.24) is 4.72 Å². The predicted octanol–water partition coefficient (Wildman–Crippen LogP) is 2.53. The third-order valence-electron chi connectivity index (χ3n) is 3.38. The summed E-state index contributed by atoms with van der Waals surface area (Å²) in [4.78, 5) is 12.1. The molecule has 5 nitrogen and oxygen atoms in total. The molecule has 0 atom stereocenters. The molecule has 0 spiro atoms. The number of rotatable bonds is 5. The molecule has 2 N–H and O–H groups in total. The zero-order valence-corrected chi connectivity index (χ0v) is 14.2. The number of carbonyl (C=O) groups is 1. The number of aryl methyl sites for hydroxylation is 3. The first kappa shape index (κ1) is 17.2. The van der Waals surface area contributed by atoms with E-state index in [9.17, 15) is 13.2 Å². The standard InChI is InChI=1S/C17H20N2O3S/c1-12-5-4-6-15(10-12)23(21,22)18-11-17(20)19-16-8-7-13(2)9-14(16)3/h4-10,18H,11H2,1-3H3,(H,19,20). The van der Waals surface area contributed by atoms with Gasteiger partial charge in [-0.3, -0.25) is 4.79 Å². The van der Waals surface area contributed by atoms with Gasteiger partial charge in [0.15, 0.2) is 0 Å². The van der Waals surface area contributed by atoms with Gasteiger partial charge in [-0.1, -0.05) is 29.8 Å². The van der Waals surface area contributed by atoms with Crippen molar-refractivity contribution in [2.24, 2.45) is 0 Å². The molecule has 0 aromatic heterocycles. The highest BCUT2D eigenvalue weighted by Crippen LogP contribution is 2.16. The Morgan fingerprint density at radius 2 is 1.70 bits per heavy atom. The van der Waals surface area contributed by atoms with E-state index in [1.807, 2.05) is 39.0 Å². The van der Waals surface area contributed by atoms with Crippen molar-refractivity contribution >= 4 is 21.6 Å². The van der Waals surface area contributed by atoms with Crippen LogP contribution in [0.2, 0.25) is 0 Å². The van der Waals surface area contributed by atoms with Gasteiger partial charge in [0.2, 0.25) is 15.9 Å². The highest BCUT2D eigenvalue weighted by atomic mass is 32.2. The lowest BCUT2D eigenvalue weighted by Crippen LogP contribution is -2.33. The highest BCUT2D eigenvalue weighted by Gasteiger charge is 2.15. The summed E-state index contributed by atoms with van der Waals surface area (Å²) in [7, 11) is -3.70. The van der Waals surface area contributed by atoms with Crippen molar-refractivity contribution in [2.45, 2.75) is 25.7 Å². The molecule has 23 heavy (non-hydrogen) atoms. The first-order valence-electron chi connectivity index (χ1n) is 7.21. The van der Waals surface area contributed by atoms with Crippen LogP contribution in [0.25, 0.3) is 0 Å². The van der Waals surface area contributed by atoms with Gasteiger partial charge in [0.05, 0.1) is 11.4 Å². The summed E-state index contributed by atoms with van der Waals surface area (Å²) in [5, 5.41) is 2.71. The zero-order chi connectivity index (χ0) is 17.0. The Kier molecular flexibility index (Phi) is 5.18. The molecular formula is C17H20N2O3S. The van der Waals surface area contributed by atoms with Gasteiger partial charge in [-0.25, -0.2) is 13.1 Å². The Balaban J connectivity index is 2.01. The van der Waals surface area contributed by atoms with E-state index in [1.54, 1.807) is 18.2 Å². The molecule has 6 heteroatoms. The van der Waals surface area contributed by atoms with Crippen LogP contribution in [-0.2, 0) is 14.8 Å². The Morgan fingerprint density at radius 3 is 2.35 bits per heavy atom. The Bertz CT molecular complexity index is 829. The Hall–Kier alpha value is -2.18. The van der Waals surface area contributed by atoms with E-state index in [0.29, 0.717) is 5.69 Å². The molecule has 0 unspecified atom stereocenters. The fourth-order valence-electron chi connectivity index (χ4n) is 2.17. The molecule has 0 saturated heterocycles. The summed E-state index contributed by atoms with van der Waals surface area (Å²) in [5.41, 5.74) is 3.54. The summed E-state index contributed by atoms with van der Waals surface area (Å²) in [6, 6.07) is 12.2. The Morgan fingerprint density at radius 1 is 1.00 bits per heavy atom. The summed E-state index contributed by atoms with van der Waals surface area (Å²) in [6.07, 6.45) is 0. The molecule has 0 saturated carbocycles. The van der Waals surface area contributed by atoms with Gasteiger partial charge in [0, 0.05) is 5.69 Å². The number of hydrogen-bond acceptors (Lipinski definition) is 3. The van der Waals surface area contributed by atoms with Gasteiger partial charge >= 0.3 is 0 Å². The molecule has 2 aromatic carbocycles. The van der Waals surface area contributed by atoms with E-state index in [1.165, 1.54) is 6.07 Å². The molecule has 0 aliphatic heterocycles. The van der Waals surface area contributed by atoms with Crippen LogP contribution in [0.1, 0.15) is 16.7 Å². The number of benzene rings is 2. The normalized spacial score (nSPS) is 11.3. The maximum Gasteiger partial charge on any atom is 0.241 e. The maximum absolute atomic E-state index is 12.2. The highest BCUT2D eigenvalue weighted by molar-refractivity contribution is 7.89. The number of anilines is 1. The van der Waals surface area contributed by atoms with Crippen molar-refractivity contribution in [3.05, 3.63) is 59.2 Å². The quantitative estimate of drug-likeness (QED) is 0.883. The first-order valence-corrected chi connectivity index (χ1v) is 8.70. The van der Waals surface area contributed by atoms with E-state index >= 15 is 0 Å². The van der Waals surface area contributed by atoms with Gasteiger partial charge in [-0.05, 0) is 50.1 Å². The minimum atomic E-state index is -3.70. The topological polar surface area (TPSA) is 75.3 Å². The van der Waals surface area contributed by atoms with Crippen LogP contribution < -0.4 is 10.0 Å². The number of hydrogen-bond donors (Lipinski definition) is 2. The third kappa shape index (κ3) is 4.64. The lowest BCUT2D eigenvalue weighted by atomic mass is 10.1. The summed E-state index contributed by atoms with van der Waals surface area (Å²) in [6.45, 7) is 5.35. The number of sulfonamides is 1. The van der Waals surface area contributed by atoms with Crippen molar-refractivity contribution in [1.29, 1.82) is 0 Å². The monoisotopic (exact) mass is 332 g/mol. The summed E-state index contributed by atoms with van der Waals surface area (Å²) < 4.78 is 26.6. The second kappa shape index (κ2) is 6.93. The van der Waals surface area contributed by atoms with E-state index in [4.69, 9.17) is 0 Å². The average Bonchev–Trinajstić information content (AvgIpc) is 2.48. The molecule has 122 valence electrons. The van der Waals surface area contributed by atoms with Crippen molar-refractivity contribution in [2.75, 3.05) is 11.9 Å². The van der Waals surface area contributed by atoms with Crippen LogP contribution in [0, 0.1) is 20.8 Å². The minimum absolute atomic E-state index is 0.150. The van der Waals surface area contributed by atoms with E-state index < -0.39 is 15.9 Å². The maximum atomic E-state index is 12.2. The van der Waals surface area contributed by atoms with Crippen molar-refractivity contribution in [3.63, 3.8) is 0 Å². The fourth-order valence-corrected chi connectivity index (χ4v) is 3.26. The lowest BCUT2D eigenvalue weighted by Gasteiger charge is -2.10. The average molecular weight is 332 g/mol. The van der Waals surface area contributed by atoms with Gasteiger partial charge < -0.3 is 5.32 Å². The fraction of sp³-hybridized carbons (Fsp3) is 0.235. The van der Waals surface area contributed by atoms with E-state index in [0.717, 1.165) is 16.7 Å². The van der Waals surface area contributed by atoms with Crippen LogP contribution in [0.15, 0.2) is 47.4 Å².